The summed E-state index contributed by atoms with van der Waals surface area (Å²) < 4.78 is 38.8. The largest absolute Gasteiger partial charge is 0.341 e. The van der Waals surface area contributed by atoms with Crippen molar-refractivity contribution in [2.45, 2.75) is 26.8 Å². The zero-order chi connectivity index (χ0) is 13.9. The van der Waals surface area contributed by atoms with Gasteiger partial charge in [-0.3, -0.25) is 4.79 Å². The molecule has 1 atom stereocenters. The molecule has 0 fully saturated rings. The summed E-state index contributed by atoms with van der Waals surface area (Å²) in [6.45, 7) is 3.72. The van der Waals surface area contributed by atoms with Crippen LogP contribution in [0.1, 0.15) is 25.8 Å². The molecule has 1 unspecified atom stereocenters. The molecule has 18 heavy (non-hydrogen) atoms. The number of halogens is 3. The highest BCUT2D eigenvalue weighted by Gasteiger charge is 2.17. The van der Waals surface area contributed by atoms with Crippen LogP contribution in [-0.2, 0) is 11.3 Å². The smallest absolute Gasteiger partial charge is 0.225 e. The summed E-state index contributed by atoms with van der Waals surface area (Å²) in [7, 11) is 1.55. The maximum Gasteiger partial charge on any atom is 0.225 e. The highest BCUT2D eigenvalue weighted by Crippen LogP contribution is 2.16. The van der Waals surface area contributed by atoms with E-state index >= 15 is 0 Å². The van der Waals surface area contributed by atoms with Crippen LogP contribution in [0.15, 0.2) is 12.1 Å². The van der Waals surface area contributed by atoms with Crippen molar-refractivity contribution in [2.75, 3.05) is 7.05 Å². The normalized spacial score (nSPS) is 12.3. The summed E-state index contributed by atoms with van der Waals surface area (Å²) in [4.78, 5) is 13.2. The Hall–Kier alpha value is -1.52. The van der Waals surface area contributed by atoms with Crippen molar-refractivity contribution in [3.8, 4) is 0 Å². The van der Waals surface area contributed by atoms with Gasteiger partial charge < -0.3 is 4.90 Å². The number of nitrogens with zero attached hydrogens (tertiary/aromatic N) is 1. The van der Waals surface area contributed by atoms with Gasteiger partial charge in [0.05, 0.1) is 0 Å². The number of carbonyl (C=O) groups is 1. The van der Waals surface area contributed by atoms with Crippen LogP contribution in [0, 0.1) is 23.4 Å². The van der Waals surface area contributed by atoms with E-state index in [-0.39, 0.29) is 23.9 Å². The Morgan fingerprint density at radius 2 is 1.78 bits per heavy atom. The molecule has 100 valence electrons. The van der Waals surface area contributed by atoms with Gasteiger partial charge in [-0.05, 0) is 24.1 Å². The first-order chi connectivity index (χ1) is 8.36. The number of hydrogen-bond donors (Lipinski definition) is 0. The minimum absolute atomic E-state index is 0.0529. The molecule has 0 aliphatic heterocycles. The number of benzene rings is 1. The fourth-order valence-corrected chi connectivity index (χ4v) is 1.60. The van der Waals surface area contributed by atoms with E-state index in [1.807, 2.05) is 6.92 Å². The van der Waals surface area contributed by atoms with E-state index in [1.54, 1.807) is 14.0 Å². The lowest BCUT2D eigenvalue weighted by atomic mass is 10.1. The molecule has 0 radical (unpaired) electrons. The lowest BCUT2D eigenvalue weighted by molar-refractivity contribution is -0.134. The monoisotopic (exact) mass is 259 g/mol. The van der Waals surface area contributed by atoms with E-state index in [2.05, 4.69) is 0 Å². The van der Waals surface area contributed by atoms with Crippen LogP contribution in [0.3, 0.4) is 0 Å². The van der Waals surface area contributed by atoms with E-state index in [4.69, 9.17) is 0 Å². The highest BCUT2D eigenvalue weighted by molar-refractivity contribution is 5.78. The minimum Gasteiger partial charge on any atom is -0.341 e. The van der Waals surface area contributed by atoms with Gasteiger partial charge in [0.25, 0.3) is 0 Å². The van der Waals surface area contributed by atoms with E-state index < -0.39 is 17.5 Å². The van der Waals surface area contributed by atoms with Gasteiger partial charge in [0, 0.05) is 19.5 Å². The van der Waals surface area contributed by atoms with Crippen molar-refractivity contribution < 1.29 is 18.0 Å². The Balaban J connectivity index is 2.82. The molecular formula is C13H16F3NO. The van der Waals surface area contributed by atoms with Gasteiger partial charge in [0.1, 0.15) is 0 Å². The Labute approximate surface area is 104 Å². The molecule has 0 heterocycles. The Bertz CT molecular complexity index is 425. The second-order valence-electron chi connectivity index (χ2n) is 4.38. The fraction of sp³-hybridized carbons (Fsp3) is 0.462. The number of rotatable bonds is 4. The Morgan fingerprint density at radius 1 is 1.28 bits per heavy atom. The van der Waals surface area contributed by atoms with Crippen LogP contribution in [0.25, 0.3) is 0 Å². The first-order valence-corrected chi connectivity index (χ1v) is 5.75. The summed E-state index contributed by atoms with van der Waals surface area (Å²) in [5, 5.41) is 0. The van der Waals surface area contributed by atoms with Gasteiger partial charge in [0.15, 0.2) is 17.5 Å². The maximum absolute atomic E-state index is 13.0. The molecule has 0 aliphatic carbocycles. The molecule has 2 nitrogen and oxygen atoms in total. The second kappa shape index (κ2) is 5.89. The van der Waals surface area contributed by atoms with Gasteiger partial charge in [-0.15, -0.1) is 0 Å². The van der Waals surface area contributed by atoms with Crippen LogP contribution in [0.5, 0.6) is 0 Å². The molecule has 0 saturated heterocycles. The average Bonchev–Trinajstić information content (AvgIpc) is 2.33. The van der Waals surface area contributed by atoms with Gasteiger partial charge in [-0.2, -0.15) is 0 Å². The third-order valence-corrected chi connectivity index (χ3v) is 2.87. The zero-order valence-corrected chi connectivity index (χ0v) is 10.6. The lowest BCUT2D eigenvalue weighted by Crippen LogP contribution is -2.31. The molecular weight excluding hydrogens is 243 g/mol. The van der Waals surface area contributed by atoms with Crippen molar-refractivity contribution >= 4 is 5.91 Å². The average molecular weight is 259 g/mol. The summed E-state index contributed by atoms with van der Waals surface area (Å²) in [5.41, 5.74) is 0.227. The molecule has 1 rings (SSSR count). The minimum atomic E-state index is -1.49. The van der Waals surface area contributed by atoms with E-state index in [9.17, 15) is 18.0 Å². The maximum atomic E-state index is 13.0. The van der Waals surface area contributed by atoms with Gasteiger partial charge in [-0.25, -0.2) is 13.2 Å². The van der Waals surface area contributed by atoms with Crippen molar-refractivity contribution in [2.24, 2.45) is 5.92 Å². The molecule has 1 aromatic rings. The lowest BCUT2D eigenvalue weighted by Gasteiger charge is -2.20. The fourth-order valence-electron chi connectivity index (χ4n) is 1.60. The highest BCUT2D eigenvalue weighted by atomic mass is 19.2. The van der Waals surface area contributed by atoms with Crippen LogP contribution >= 0.6 is 0 Å². The van der Waals surface area contributed by atoms with Crippen molar-refractivity contribution in [1.82, 2.24) is 4.90 Å². The molecule has 0 aliphatic rings. The molecule has 0 spiro atoms. The first-order valence-electron chi connectivity index (χ1n) is 5.75. The molecule has 0 saturated carbocycles. The third-order valence-electron chi connectivity index (χ3n) is 2.87. The van der Waals surface area contributed by atoms with Crippen molar-refractivity contribution in [3.63, 3.8) is 0 Å². The molecule has 0 N–H and O–H groups in total. The number of carbonyl (C=O) groups excluding carboxylic acids is 1. The van der Waals surface area contributed by atoms with Crippen molar-refractivity contribution in [1.29, 1.82) is 0 Å². The molecule has 1 amide bonds. The second-order valence-corrected chi connectivity index (χ2v) is 4.38. The van der Waals surface area contributed by atoms with Gasteiger partial charge in [-0.1, -0.05) is 13.8 Å². The summed E-state index contributed by atoms with van der Waals surface area (Å²) >= 11 is 0. The predicted molar refractivity (Wildman–Crippen MR) is 62.2 cm³/mol. The van der Waals surface area contributed by atoms with Gasteiger partial charge >= 0.3 is 0 Å². The van der Waals surface area contributed by atoms with Gasteiger partial charge in [0.2, 0.25) is 5.91 Å². The Morgan fingerprint density at radius 3 is 2.22 bits per heavy atom. The van der Waals surface area contributed by atoms with E-state index in [0.717, 1.165) is 12.1 Å². The van der Waals surface area contributed by atoms with Crippen LogP contribution in [0.2, 0.25) is 0 Å². The standard InChI is InChI=1S/C13H16F3NO/c1-4-8(2)13(18)17(3)7-9-5-10(14)12(16)11(15)6-9/h5-6,8H,4,7H2,1-3H3. The number of amides is 1. The molecule has 5 heteroatoms. The van der Waals surface area contributed by atoms with E-state index in [0.29, 0.717) is 6.42 Å². The van der Waals surface area contributed by atoms with E-state index in [1.165, 1.54) is 4.90 Å². The van der Waals surface area contributed by atoms with Crippen LogP contribution in [-0.4, -0.2) is 17.9 Å². The first kappa shape index (κ1) is 14.5. The summed E-state index contributed by atoms with van der Waals surface area (Å²) in [6.07, 6.45) is 0.690. The summed E-state index contributed by atoms with van der Waals surface area (Å²) in [5.74, 6) is -4.23. The third kappa shape index (κ3) is 3.24. The molecule has 0 bridgehead atoms. The number of hydrogen-bond acceptors (Lipinski definition) is 1. The van der Waals surface area contributed by atoms with Crippen molar-refractivity contribution in [3.05, 3.63) is 35.1 Å². The summed E-state index contributed by atoms with van der Waals surface area (Å²) in [6, 6.07) is 1.80. The van der Waals surface area contributed by atoms with Crippen LogP contribution in [0.4, 0.5) is 13.2 Å². The zero-order valence-electron chi connectivity index (χ0n) is 10.6. The topological polar surface area (TPSA) is 20.3 Å². The van der Waals surface area contributed by atoms with Crippen LogP contribution < -0.4 is 0 Å². The Kier molecular flexibility index (Phi) is 4.76. The SMILES string of the molecule is CCC(C)C(=O)N(C)Cc1cc(F)c(F)c(F)c1. The molecule has 1 aromatic carbocycles. The molecule has 0 aromatic heterocycles. The quantitative estimate of drug-likeness (QED) is 0.761. The predicted octanol–water partition coefficient (Wildman–Crippen LogP) is 3.11.